The summed E-state index contributed by atoms with van der Waals surface area (Å²) in [7, 11) is 0. The van der Waals surface area contributed by atoms with Gasteiger partial charge in [-0.3, -0.25) is 9.69 Å². The van der Waals surface area contributed by atoms with Gasteiger partial charge in [-0.25, -0.2) is 0 Å². The minimum absolute atomic E-state index is 0.232. The van der Waals surface area contributed by atoms with E-state index in [4.69, 9.17) is 5.73 Å². The normalized spacial score (nSPS) is 22.7. The molecule has 0 bridgehead atoms. The molecule has 2 aliphatic rings. The number of hydrogen-bond donors (Lipinski definition) is 1. The maximum atomic E-state index is 11.9. The van der Waals surface area contributed by atoms with Crippen molar-refractivity contribution < 1.29 is 4.79 Å². The molecule has 1 amide bonds. The Hall–Kier alpha value is -1.39. The molecule has 0 aromatic heterocycles. The van der Waals surface area contributed by atoms with Crippen LogP contribution in [-0.2, 0) is 4.79 Å². The molecule has 1 aromatic rings. The predicted molar refractivity (Wildman–Crippen MR) is 88.3 cm³/mol. The summed E-state index contributed by atoms with van der Waals surface area (Å²) in [5.41, 5.74) is 6.70. The summed E-state index contributed by atoms with van der Waals surface area (Å²) in [6, 6.07) is 9.67. The van der Waals surface area contributed by atoms with E-state index in [1.54, 1.807) is 0 Å². The molecule has 0 radical (unpaired) electrons. The molecule has 1 atom stereocenters. The molecule has 2 saturated heterocycles. The van der Waals surface area contributed by atoms with Crippen LogP contribution >= 0.6 is 0 Å². The molecule has 2 N–H and O–H groups in total. The first-order valence-electron chi connectivity index (χ1n) is 8.54. The quantitative estimate of drug-likeness (QED) is 0.905. The van der Waals surface area contributed by atoms with E-state index in [0.29, 0.717) is 0 Å². The summed E-state index contributed by atoms with van der Waals surface area (Å²) in [4.78, 5) is 16.8. The molecular formula is C18H27N3O. The number of primary amides is 1. The average molecular weight is 301 g/mol. The monoisotopic (exact) mass is 301 g/mol. The number of carbonyl (C=O) groups is 1. The third kappa shape index (κ3) is 3.68. The van der Waals surface area contributed by atoms with Crippen LogP contribution in [-0.4, -0.2) is 48.4 Å². The maximum Gasteiger partial charge on any atom is 0.239 e. The van der Waals surface area contributed by atoms with Crippen molar-refractivity contribution in [2.75, 3.05) is 32.7 Å². The fraction of sp³-hybridized carbons (Fsp3) is 0.611. The summed E-state index contributed by atoms with van der Waals surface area (Å²) >= 11 is 0. The number of rotatable bonds is 5. The van der Waals surface area contributed by atoms with Crippen molar-refractivity contribution in [3.8, 4) is 0 Å². The zero-order valence-electron chi connectivity index (χ0n) is 13.3. The second-order valence-electron chi connectivity index (χ2n) is 6.70. The maximum absolute atomic E-state index is 11.9. The third-order valence-electron chi connectivity index (χ3n) is 5.11. The van der Waals surface area contributed by atoms with Gasteiger partial charge in [-0.2, -0.15) is 0 Å². The molecule has 120 valence electrons. The lowest BCUT2D eigenvalue weighted by atomic mass is 9.93. The molecule has 4 heteroatoms. The second kappa shape index (κ2) is 7.25. The molecule has 4 nitrogen and oxygen atoms in total. The van der Waals surface area contributed by atoms with Gasteiger partial charge in [0.1, 0.15) is 6.04 Å². The number of amides is 1. The van der Waals surface area contributed by atoms with E-state index in [1.165, 1.54) is 45.3 Å². The number of carbonyl (C=O) groups excluding carboxylic acids is 1. The molecule has 22 heavy (non-hydrogen) atoms. The van der Waals surface area contributed by atoms with E-state index in [0.717, 1.165) is 24.6 Å². The first-order valence-corrected chi connectivity index (χ1v) is 8.54. The SMILES string of the molecule is NC(=O)C(c1ccccc1)N1CCC(CN2CCCC2)CC1. The molecule has 2 fully saturated rings. The van der Waals surface area contributed by atoms with Crippen LogP contribution in [0.5, 0.6) is 0 Å². The predicted octanol–water partition coefficient (Wildman–Crippen LogP) is 2.02. The van der Waals surface area contributed by atoms with Crippen LogP contribution in [0, 0.1) is 5.92 Å². The van der Waals surface area contributed by atoms with Crippen LogP contribution < -0.4 is 5.73 Å². The van der Waals surface area contributed by atoms with Gasteiger partial charge < -0.3 is 10.6 Å². The molecule has 0 spiro atoms. The topological polar surface area (TPSA) is 49.6 Å². The first-order chi connectivity index (χ1) is 10.7. The van der Waals surface area contributed by atoms with Crippen LogP contribution in [0.4, 0.5) is 0 Å². The lowest BCUT2D eigenvalue weighted by Gasteiger charge is -2.37. The molecule has 3 rings (SSSR count). The number of piperidine rings is 1. The van der Waals surface area contributed by atoms with E-state index >= 15 is 0 Å². The third-order valence-corrected chi connectivity index (χ3v) is 5.11. The summed E-state index contributed by atoms with van der Waals surface area (Å²) in [6.45, 7) is 5.73. The van der Waals surface area contributed by atoms with E-state index in [9.17, 15) is 4.79 Å². The summed E-state index contributed by atoms with van der Waals surface area (Å²) < 4.78 is 0. The second-order valence-corrected chi connectivity index (χ2v) is 6.70. The molecule has 2 aliphatic heterocycles. The van der Waals surface area contributed by atoms with Gasteiger partial charge in [-0.05, 0) is 63.3 Å². The standard InChI is InChI=1S/C18H27N3O/c19-18(22)17(16-6-2-1-3-7-16)21-12-8-15(9-13-21)14-20-10-4-5-11-20/h1-3,6-7,15,17H,4-5,8-14H2,(H2,19,22). The minimum Gasteiger partial charge on any atom is -0.368 e. The van der Waals surface area contributed by atoms with Crippen molar-refractivity contribution in [3.05, 3.63) is 35.9 Å². The van der Waals surface area contributed by atoms with E-state index < -0.39 is 0 Å². The van der Waals surface area contributed by atoms with Crippen molar-refractivity contribution >= 4 is 5.91 Å². The van der Waals surface area contributed by atoms with Crippen LogP contribution in [0.3, 0.4) is 0 Å². The molecule has 1 unspecified atom stereocenters. The Morgan fingerprint density at radius 2 is 1.73 bits per heavy atom. The van der Waals surface area contributed by atoms with Gasteiger partial charge in [0.25, 0.3) is 0 Å². The smallest absolute Gasteiger partial charge is 0.239 e. The van der Waals surface area contributed by atoms with Gasteiger partial charge in [-0.1, -0.05) is 30.3 Å². The van der Waals surface area contributed by atoms with Crippen molar-refractivity contribution in [1.29, 1.82) is 0 Å². The largest absolute Gasteiger partial charge is 0.368 e. The number of nitrogens with two attached hydrogens (primary N) is 1. The van der Waals surface area contributed by atoms with E-state index in [-0.39, 0.29) is 11.9 Å². The number of nitrogens with zero attached hydrogens (tertiary/aromatic N) is 2. The molecular weight excluding hydrogens is 274 g/mol. The van der Waals surface area contributed by atoms with Crippen LogP contribution in [0.1, 0.15) is 37.3 Å². The Bertz CT molecular complexity index is 476. The Morgan fingerprint density at radius 3 is 2.32 bits per heavy atom. The van der Waals surface area contributed by atoms with Crippen molar-refractivity contribution in [3.63, 3.8) is 0 Å². The van der Waals surface area contributed by atoms with Gasteiger partial charge in [0.15, 0.2) is 0 Å². The summed E-state index contributed by atoms with van der Waals surface area (Å²) in [5.74, 6) is 0.544. The Balaban J connectivity index is 1.57. The Morgan fingerprint density at radius 1 is 1.09 bits per heavy atom. The summed E-state index contributed by atoms with van der Waals surface area (Å²) in [6.07, 6.45) is 5.06. The van der Waals surface area contributed by atoms with Gasteiger partial charge in [0, 0.05) is 6.54 Å². The van der Waals surface area contributed by atoms with Crippen LogP contribution in [0.15, 0.2) is 30.3 Å². The molecule has 2 heterocycles. The zero-order chi connectivity index (χ0) is 15.4. The molecule has 0 aliphatic carbocycles. The van der Waals surface area contributed by atoms with Crippen molar-refractivity contribution in [2.45, 2.75) is 31.7 Å². The van der Waals surface area contributed by atoms with Crippen molar-refractivity contribution in [1.82, 2.24) is 9.80 Å². The van der Waals surface area contributed by atoms with Gasteiger partial charge in [0.2, 0.25) is 5.91 Å². The van der Waals surface area contributed by atoms with E-state index in [1.807, 2.05) is 30.3 Å². The van der Waals surface area contributed by atoms with Crippen LogP contribution in [0.2, 0.25) is 0 Å². The number of likely N-dealkylation sites (tertiary alicyclic amines) is 2. The first kappa shape index (κ1) is 15.5. The fourth-order valence-electron chi connectivity index (χ4n) is 3.91. The lowest BCUT2D eigenvalue weighted by molar-refractivity contribution is -0.124. The number of hydrogen-bond acceptors (Lipinski definition) is 3. The Labute approximate surface area is 133 Å². The highest BCUT2D eigenvalue weighted by molar-refractivity contribution is 5.81. The minimum atomic E-state index is -0.270. The van der Waals surface area contributed by atoms with Gasteiger partial charge >= 0.3 is 0 Å². The zero-order valence-corrected chi connectivity index (χ0v) is 13.3. The Kier molecular flexibility index (Phi) is 5.11. The van der Waals surface area contributed by atoms with Crippen LogP contribution in [0.25, 0.3) is 0 Å². The fourth-order valence-corrected chi connectivity index (χ4v) is 3.91. The highest BCUT2D eigenvalue weighted by atomic mass is 16.1. The average Bonchev–Trinajstić information content (AvgIpc) is 3.03. The lowest BCUT2D eigenvalue weighted by Crippen LogP contribution is -2.44. The molecule has 0 saturated carbocycles. The summed E-state index contributed by atoms with van der Waals surface area (Å²) in [5, 5.41) is 0. The van der Waals surface area contributed by atoms with Gasteiger partial charge in [0.05, 0.1) is 0 Å². The molecule has 1 aromatic carbocycles. The highest BCUT2D eigenvalue weighted by Gasteiger charge is 2.30. The van der Waals surface area contributed by atoms with E-state index in [2.05, 4.69) is 9.80 Å². The highest BCUT2D eigenvalue weighted by Crippen LogP contribution is 2.27. The van der Waals surface area contributed by atoms with Gasteiger partial charge in [-0.15, -0.1) is 0 Å². The number of benzene rings is 1. The van der Waals surface area contributed by atoms with Crippen molar-refractivity contribution in [2.24, 2.45) is 11.7 Å².